The van der Waals surface area contributed by atoms with Crippen molar-refractivity contribution in [1.82, 2.24) is 4.98 Å². The summed E-state index contributed by atoms with van der Waals surface area (Å²) in [6, 6.07) is 4.53. The van der Waals surface area contributed by atoms with E-state index in [-0.39, 0.29) is 5.78 Å². The van der Waals surface area contributed by atoms with Crippen molar-refractivity contribution in [1.29, 1.82) is 0 Å². The average Bonchev–Trinajstić information content (AvgIpc) is 2.40. The molecule has 1 aliphatic heterocycles. The molecule has 3 nitrogen and oxygen atoms in total. The second-order valence-corrected chi connectivity index (χ2v) is 5.09. The summed E-state index contributed by atoms with van der Waals surface area (Å²) in [5.74, 6) is 0.0327. The van der Waals surface area contributed by atoms with Crippen molar-refractivity contribution in [2.24, 2.45) is 0 Å². The zero-order valence-electron chi connectivity index (χ0n) is 11.4. The molecule has 0 bridgehead atoms. The molecular weight excluding hydrogens is 224 g/mol. The number of ketones is 1. The van der Waals surface area contributed by atoms with Gasteiger partial charge in [0.2, 0.25) is 0 Å². The first kappa shape index (κ1) is 13.1. The first-order chi connectivity index (χ1) is 8.72. The van der Waals surface area contributed by atoms with Crippen molar-refractivity contribution >= 4 is 11.5 Å². The molecule has 0 aliphatic carbocycles. The van der Waals surface area contributed by atoms with Crippen molar-refractivity contribution in [3.63, 3.8) is 0 Å². The fraction of sp³-hybridized carbons (Fsp3) is 0.600. The van der Waals surface area contributed by atoms with Crippen LogP contribution in [0.2, 0.25) is 0 Å². The number of carbonyl (C=O) groups excluding carboxylic acids is 1. The molecule has 0 spiro atoms. The molecule has 0 N–H and O–H groups in total. The van der Waals surface area contributed by atoms with E-state index in [9.17, 15) is 4.79 Å². The summed E-state index contributed by atoms with van der Waals surface area (Å²) < 4.78 is 0. The van der Waals surface area contributed by atoms with Gasteiger partial charge in [-0.3, -0.25) is 9.78 Å². The highest BCUT2D eigenvalue weighted by Gasteiger charge is 2.22. The topological polar surface area (TPSA) is 33.2 Å². The second-order valence-electron chi connectivity index (χ2n) is 5.09. The second kappa shape index (κ2) is 5.98. The van der Waals surface area contributed by atoms with Gasteiger partial charge >= 0.3 is 0 Å². The Morgan fingerprint density at radius 2 is 2.28 bits per heavy atom. The normalized spacial score (nSPS) is 19.9. The minimum absolute atomic E-state index is 0.0327. The van der Waals surface area contributed by atoms with E-state index in [4.69, 9.17) is 0 Å². The van der Waals surface area contributed by atoms with Crippen molar-refractivity contribution in [2.75, 3.05) is 11.4 Å². The maximum absolute atomic E-state index is 11.2. The van der Waals surface area contributed by atoms with Crippen molar-refractivity contribution in [3.8, 4) is 0 Å². The van der Waals surface area contributed by atoms with Crippen LogP contribution in [0.25, 0.3) is 0 Å². The molecule has 1 fully saturated rings. The molecule has 1 aromatic heterocycles. The van der Waals surface area contributed by atoms with E-state index in [2.05, 4.69) is 16.8 Å². The smallest absolute Gasteiger partial charge is 0.178 e. The van der Waals surface area contributed by atoms with E-state index in [1.165, 1.54) is 32.1 Å². The molecule has 0 aromatic carbocycles. The van der Waals surface area contributed by atoms with E-state index in [1.807, 2.05) is 18.3 Å². The van der Waals surface area contributed by atoms with Gasteiger partial charge < -0.3 is 4.90 Å². The summed E-state index contributed by atoms with van der Waals surface area (Å²) in [6.07, 6.45) is 8.19. The molecule has 2 heterocycles. The van der Waals surface area contributed by atoms with Gasteiger partial charge in [0, 0.05) is 19.5 Å². The first-order valence-electron chi connectivity index (χ1n) is 6.96. The molecule has 18 heavy (non-hydrogen) atoms. The zero-order chi connectivity index (χ0) is 13.0. The van der Waals surface area contributed by atoms with Crippen LogP contribution >= 0.6 is 0 Å². The molecule has 0 saturated carbocycles. The first-order valence-corrected chi connectivity index (χ1v) is 6.96. The van der Waals surface area contributed by atoms with Gasteiger partial charge in [-0.25, -0.2) is 0 Å². The van der Waals surface area contributed by atoms with Crippen molar-refractivity contribution < 1.29 is 4.79 Å². The third-order valence-electron chi connectivity index (χ3n) is 3.69. The Morgan fingerprint density at radius 1 is 1.44 bits per heavy atom. The number of Topliss-reactive ketones (excluding diaryl/α,β-unsaturated/α-hetero) is 1. The van der Waals surface area contributed by atoms with Gasteiger partial charge in [-0.1, -0.05) is 13.3 Å². The third kappa shape index (κ3) is 2.89. The molecule has 1 unspecified atom stereocenters. The van der Waals surface area contributed by atoms with Crippen LogP contribution in [-0.4, -0.2) is 23.4 Å². The predicted octanol–water partition coefficient (Wildman–Crippen LogP) is 3.44. The van der Waals surface area contributed by atoms with E-state index < -0.39 is 0 Å². The number of pyridine rings is 1. The monoisotopic (exact) mass is 246 g/mol. The molecule has 98 valence electrons. The number of piperidine rings is 1. The van der Waals surface area contributed by atoms with Gasteiger partial charge in [0.25, 0.3) is 0 Å². The molecule has 2 rings (SSSR count). The van der Waals surface area contributed by atoms with E-state index in [0.29, 0.717) is 11.7 Å². The summed E-state index contributed by atoms with van der Waals surface area (Å²) in [5.41, 5.74) is 1.72. The number of rotatable bonds is 4. The van der Waals surface area contributed by atoms with Gasteiger partial charge in [0.05, 0.1) is 11.9 Å². The minimum Gasteiger partial charge on any atom is -0.367 e. The Kier molecular flexibility index (Phi) is 4.34. The van der Waals surface area contributed by atoms with Gasteiger partial charge in [0.15, 0.2) is 5.78 Å². The highest BCUT2D eigenvalue weighted by atomic mass is 16.1. The fourth-order valence-electron chi connectivity index (χ4n) is 2.74. The Labute approximate surface area is 109 Å². The SMILES string of the molecule is CCCC1CCCCN1c1ccc(C(C)=O)nc1. The standard InChI is InChI=1S/C15H22N2O/c1-3-6-13-7-4-5-10-17(13)14-8-9-15(12(2)18)16-11-14/h8-9,11,13H,3-7,10H2,1-2H3. The zero-order valence-corrected chi connectivity index (χ0v) is 11.4. The molecule has 1 atom stereocenters. The van der Waals surface area contributed by atoms with E-state index in [1.54, 1.807) is 6.92 Å². The Hall–Kier alpha value is -1.38. The number of hydrogen-bond acceptors (Lipinski definition) is 3. The molecule has 0 radical (unpaired) electrons. The highest BCUT2D eigenvalue weighted by molar-refractivity contribution is 5.92. The van der Waals surface area contributed by atoms with Crippen LogP contribution in [0.15, 0.2) is 18.3 Å². The van der Waals surface area contributed by atoms with Crippen LogP contribution in [0.4, 0.5) is 5.69 Å². The highest BCUT2D eigenvalue weighted by Crippen LogP contribution is 2.26. The summed E-state index contributed by atoms with van der Waals surface area (Å²) in [7, 11) is 0. The molecule has 1 saturated heterocycles. The van der Waals surface area contributed by atoms with E-state index in [0.717, 1.165) is 12.2 Å². The van der Waals surface area contributed by atoms with Gasteiger partial charge in [-0.05, 0) is 37.8 Å². The van der Waals surface area contributed by atoms with Gasteiger partial charge in [0.1, 0.15) is 5.69 Å². The Morgan fingerprint density at radius 3 is 2.89 bits per heavy atom. The summed E-state index contributed by atoms with van der Waals surface area (Å²) in [5, 5.41) is 0. The number of carbonyl (C=O) groups is 1. The maximum atomic E-state index is 11.2. The summed E-state index contributed by atoms with van der Waals surface area (Å²) in [4.78, 5) is 17.9. The van der Waals surface area contributed by atoms with Gasteiger partial charge in [-0.2, -0.15) is 0 Å². The van der Waals surface area contributed by atoms with Crippen molar-refractivity contribution in [3.05, 3.63) is 24.0 Å². The minimum atomic E-state index is 0.0327. The van der Waals surface area contributed by atoms with Crippen LogP contribution in [-0.2, 0) is 0 Å². The molecule has 1 aromatic rings. The molecule has 0 amide bonds. The third-order valence-corrected chi connectivity index (χ3v) is 3.69. The largest absolute Gasteiger partial charge is 0.367 e. The summed E-state index contributed by atoms with van der Waals surface area (Å²) >= 11 is 0. The fourth-order valence-corrected chi connectivity index (χ4v) is 2.74. The molecule has 3 heteroatoms. The lowest BCUT2D eigenvalue weighted by atomic mass is 9.97. The van der Waals surface area contributed by atoms with Crippen LogP contribution < -0.4 is 4.90 Å². The lowest BCUT2D eigenvalue weighted by Crippen LogP contribution is -2.39. The number of anilines is 1. The summed E-state index contributed by atoms with van der Waals surface area (Å²) in [6.45, 7) is 4.92. The molecule has 1 aliphatic rings. The lowest BCUT2D eigenvalue weighted by molar-refractivity contribution is 0.101. The predicted molar refractivity (Wildman–Crippen MR) is 74.1 cm³/mol. The Balaban J connectivity index is 2.15. The van der Waals surface area contributed by atoms with Crippen LogP contribution in [0.3, 0.4) is 0 Å². The molecular formula is C15H22N2O. The number of hydrogen-bond donors (Lipinski definition) is 0. The average molecular weight is 246 g/mol. The Bertz CT molecular complexity index is 397. The lowest BCUT2D eigenvalue weighted by Gasteiger charge is -2.37. The van der Waals surface area contributed by atoms with Gasteiger partial charge in [-0.15, -0.1) is 0 Å². The van der Waals surface area contributed by atoms with E-state index >= 15 is 0 Å². The van der Waals surface area contributed by atoms with Crippen LogP contribution in [0.1, 0.15) is 56.4 Å². The van der Waals surface area contributed by atoms with Crippen LogP contribution in [0.5, 0.6) is 0 Å². The van der Waals surface area contributed by atoms with Crippen LogP contribution in [0, 0.1) is 0 Å². The number of aromatic nitrogens is 1. The maximum Gasteiger partial charge on any atom is 0.178 e. The van der Waals surface area contributed by atoms with Crippen molar-refractivity contribution in [2.45, 2.75) is 52.0 Å². The number of nitrogens with zero attached hydrogens (tertiary/aromatic N) is 2. The quantitative estimate of drug-likeness (QED) is 0.763.